The van der Waals surface area contributed by atoms with E-state index in [-0.39, 0.29) is 18.0 Å². The molecule has 1 aromatic heterocycles. The highest BCUT2D eigenvalue weighted by Crippen LogP contribution is 2.31. The van der Waals surface area contributed by atoms with Gasteiger partial charge in [-0.1, -0.05) is 6.92 Å². The minimum absolute atomic E-state index is 0.0772. The number of thiazole rings is 1. The van der Waals surface area contributed by atoms with Crippen molar-refractivity contribution in [1.29, 1.82) is 0 Å². The number of urea groups is 1. The fourth-order valence-corrected chi connectivity index (χ4v) is 4.39. The Bertz CT molecular complexity index is 601. The molecule has 6 nitrogen and oxygen atoms in total. The molecule has 1 saturated heterocycles. The van der Waals surface area contributed by atoms with E-state index in [2.05, 4.69) is 22.5 Å². The van der Waals surface area contributed by atoms with Crippen LogP contribution in [0.1, 0.15) is 43.7 Å². The molecule has 0 unspecified atom stereocenters. The molecule has 2 aliphatic rings. The molecule has 1 aliphatic carbocycles. The van der Waals surface area contributed by atoms with E-state index in [1.807, 2.05) is 11.8 Å². The Kier molecular flexibility index (Phi) is 4.84. The zero-order valence-electron chi connectivity index (χ0n) is 13.7. The van der Waals surface area contributed by atoms with E-state index in [9.17, 15) is 9.59 Å². The number of carbonyl (C=O) groups excluding carboxylic acids is 2. The lowest BCUT2D eigenvalue weighted by Gasteiger charge is -2.21. The van der Waals surface area contributed by atoms with Gasteiger partial charge in [-0.15, -0.1) is 11.3 Å². The van der Waals surface area contributed by atoms with Crippen LogP contribution in [-0.4, -0.2) is 41.0 Å². The highest BCUT2D eigenvalue weighted by molar-refractivity contribution is 7.15. The molecule has 0 radical (unpaired) electrons. The van der Waals surface area contributed by atoms with Gasteiger partial charge in [0.2, 0.25) is 5.91 Å². The summed E-state index contributed by atoms with van der Waals surface area (Å²) < 4.78 is 0. The molecule has 3 rings (SSSR count). The summed E-state index contributed by atoms with van der Waals surface area (Å²) in [4.78, 5) is 31.4. The Hall–Kier alpha value is -1.63. The summed E-state index contributed by atoms with van der Waals surface area (Å²) in [5.41, 5.74) is 1.14. The summed E-state index contributed by atoms with van der Waals surface area (Å²) in [5, 5.41) is 6.39. The van der Waals surface area contributed by atoms with E-state index in [0.29, 0.717) is 24.0 Å². The monoisotopic (exact) mass is 336 g/mol. The van der Waals surface area contributed by atoms with Gasteiger partial charge in [0, 0.05) is 30.4 Å². The molecular weight excluding hydrogens is 312 g/mol. The quantitative estimate of drug-likeness (QED) is 0.886. The van der Waals surface area contributed by atoms with Gasteiger partial charge in [0.1, 0.15) is 0 Å². The Morgan fingerprint density at radius 1 is 1.48 bits per heavy atom. The van der Waals surface area contributed by atoms with Gasteiger partial charge in [0.15, 0.2) is 5.13 Å². The number of fused-ring (bicyclic) bond motifs is 1. The van der Waals surface area contributed by atoms with Crippen molar-refractivity contribution in [3.8, 4) is 0 Å². The smallest absolute Gasteiger partial charge is 0.321 e. The SMILES string of the molecule is C[C@@H]1CCc2nc(NC(=O)N[C@@H](C)CN3CCCC3=O)sc2C1. The molecule has 3 amide bonds. The molecule has 2 N–H and O–H groups in total. The fourth-order valence-electron chi connectivity index (χ4n) is 3.22. The van der Waals surface area contributed by atoms with Gasteiger partial charge in [0.05, 0.1) is 5.69 Å². The molecule has 0 saturated carbocycles. The lowest BCUT2D eigenvalue weighted by atomic mass is 9.93. The van der Waals surface area contributed by atoms with E-state index in [1.165, 1.54) is 11.3 Å². The maximum Gasteiger partial charge on any atom is 0.321 e. The summed E-state index contributed by atoms with van der Waals surface area (Å²) in [6, 6.07) is -0.324. The molecule has 1 aliphatic heterocycles. The van der Waals surface area contributed by atoms with Crippen molar-refractivity contribution in [2.75, 3.05) is 18.4 Å². The predicted octanol–water partition coefficient (Wildman–Crippen LogP) is 2.40. The third-order valence-electron chi connectivity index (χ3n) is 4.45. The number of nitrogens with one attached hydrogen (secondary N) is 2. The molecule has 0 spiro atoms. The van der Waals surface area contributed by atoms with Crippen molar-refractivity contribution < 1.29 is 9.59 Å². The number of rotatable bonds is 4. The van der Waals surface area contributed by atoms with Crippen molar-refractivity contribution >= 4 is 28.4 Å². The second-order valence-corrected chi connectivity index (χ2v) is 7.76. The van der Waals surface area contributed by atoms with Crippen molar-refractivity contribution in [1.82, 2.24) is 15.2 Å². The molecule has 0 bridgehead atoms. The van der Waals surface area contributed by atoms with Crippen molar-refractivity contribution in [3.05, 3.63) is 10.6 Å². The number of amides is 3. The highest BCUT2D eigenvalue weighted by Gasteiger charge is 2.23. The van der Waals surface area contributed by atoms with Crippen LogP contribution in [0.2, 0.25) is 0 Å². The number of aryl methyl sites for hydroxylation is 1. The second-order valence-electron chi connectivity index (χ2n) is 6.68. The van der Waals surface area contributed by atoms with Gasteiger partial charge in [-0.05, 0) is 38.5 Å². The topological polar surface area (TPSA) is 74.3 Å². The first-order valence-electron chi connectivity index (χ1n) is 8.35. The number of likely N-dealkylation sites (tertiary alicyclic amines) is 1. The maximum absolute atomic E-state index is 12.1. The Labute approximate surface area is 140 Å². The molecule has 1 fully saturated rings. The van der Waals surface area contributed by atoms with E-state index < -0.39 is 0 Å². The molecule has 2 heterocycles. The van der Waals surface area contributed by atoms with Gasteiger partial charge >= 0.3 is 6.03 Å². The molecule has 126 valence electrons. The van der Waals surface area contributed by atoms with Crippen LogP contribution in [0, 0.1) is 5.92 Å². The minimum Gasteiger partial charge on any atom is -0.341 e. The zero-order chi connectivity index (χ0) is 16.4. The van der Waals surface area contributed by atoms with Crippen LogP contribution in [0.25, 0.3) is 0 Å². The second kappa shape index (κ2) is 6.86. The first-order valence-corrected chi connectivity index (χ1v) is 9.17. The molecule has 0 aromatic carbocycles. The fraction of sp³-hybridized carbons (Fsp3) is 0.688. The van der Waals surface area contributed by atoms with Crippen molar-refractivity contribution in [2.24, 2.45) is 5.92 Å². The summed E-state index contributed by atoms with van der Waals surface area (Å²) in [5.74, 6) is 0.878. The van der Waals surface area contributed by atoms with Crippen LogP contribution >= 0.6 is 11.3 Å². The van der Waals surface area contributed by atoms with E-state index in [0.717, 1.165) is 31.5 Å². The van der Waals surface area contributed by atoms with Crippen LogP contribution in [-0.2, 0) is 17.6 Å². The van der Waals surface area contributed by atoms with Crippen LogP contribution in [0.4, 0.5) is 9.93 Å². The van der Waals surface area contributed by atoms with Crippen LogP contribution < -0.4 is 10.6 Å². The Balaban J connectivity index is 1.50. The normalized spacial score (nSPS) is 21.9. The molecule has 23 heavy (non-hydrogen) atoms. The van der Waals surface area contributed by atoms with Crippen LogP contribution in [0.5, 0.6) is 0 Å². The summed E-state index contributed by atoms with van der Waals surface area (Å²) >= 11 is 1.58. The van der Waals surface area contributed by atoms with E-state index in [1.54, 1.807) is 11.3 Å². The minimum atomic E-state index is -0.247. The van der Waals surface area contributed by atoms with Gasteiger partial charge in [-0.25, -0.2) is 9.78 Å². The largest absolute Gasteiger partial charge is 0.341 e. The number of nitrogens with zero attached hydrogens (tertiary/aromatic N) is 2. The summed E-state index contributed by atoms with van der Waals surface area (Å²) in [7, 11) is 0. The molecular formula is C16H24N4O2S. The first kappa shape index (κ1) is 16.2. The average Bonchev–Trinajstić information content (AvgIpc) is 3.04. The van der Waals surface area contributed by atoms with Gasteiger partial charge in [-0.3, -0.25) is 10.1 Å². The van der Waals surface area contributed by atoms with Crippen LogP contribution in [0.3, 0.4) is 0 Å². The molecule has 7 heteroatoms. The number of carbonyl (C=O) groups is 2. The van der Waals surface area contributed by atoms with Crippen molar-refractivity contribution in [3.63, 3.8) is 0 Å². The van der Waals surface area contributed by atoms with Gasteiger partial charge in [-0.2, -0.15) is 0 Å². The Morgan fingerprint density at radius 3 is 3.04 bits per heavy atom. The number of anilines is 1. The van der Waals surface area contributed by atoms with Crippen LogP contribution in [0.15, 0.2) is 0 Å². The van der Waals surface area contributed by atoms with Gasteiger partial charge < -0.3 is 10.2 Å². The summed E-state index contributed by atoms with van der Waals surface area (Å²) in [6.07, 6.45) is 4.78. The first-order chi connectivity index (χ1) is 11.0. The predicted molar refractivity (Wildman–Crippen MR) is 90.7 cm³/mol. The maximum atomic E-state index is 12.1. The molecule has 2 atom stereocenters. The lowest BCUT2D eigenvalue weighted by Crippen LogP contribution is -2.44. The molecule has 1 aromatic rings. The Morgan fingerprint density at radius 2 is 2.30 bits per heavy atom. The number of aromatic nitrogens is 1. The number of hydrogen-bond acceptors (Lipinski definition) is 4. The zero-order valence-corrected chi connectivity index (χ0v) is 14.5. The lowest BCUT2D eigenvalue weighted by molar-refractivity contribution is -0.127. The summed E-state index contributed by atoms with van der Waals surface area (Å²) in [6.45, 7) is 5.53. The third-order valence-corrected chi connectivity index (χ3v) is 5.49. The number of hydrogen-bond donors (Lipinski definition) is 2. The van der Waals surface area contributed by atoms with E-state index in [4.69, 9.17) is 0 Å². The van der Waals surface area contributed by atoms with E-state index >= 15 is 0 Å². The third kappa shape index (κ3) is 4.02. The van der Waals surface area contributed by atoms with Gasteiger partial charge in [0.25, 0.3) is 0 Å². The standard InChI is InChI=1S/C16H24N4O2S/c1-10-5-6-12-13(8-10)23-16(18-12)19-15(22)17-11(2)9-20-7-3-4-14(20)21/h10-11H,3-9H2,1-2H3,(H2,17,18,19,22)/t10-,11+/m1/s1. The highest BCUT2D eigenvalue weighted by atomic mass is 32.1. The van der Waals surface area contributed by atoms with Crippen molar-refractivity contribution in [2.45, 2.75) is 52.0 Å². The average molecular weight is 336 g/mol.